The first kappa shape index (κ1) is 27.3. The molecule has 0 atom stereocenters. The largest absolute Gasteiger partial charge is 0.0680 e. The summed E-state index contributed by atoms with van der Waals surface area (Å²) in [6.07, 6.45) is 8.49. The maximum absolute atomic E-state index is 2.32. The Labute approximate surface area is 148 Å². The van der Waals surface area contributed by atoms with E-state index < -0.39 is 0 Å². The van der Waals surface area contributed by atoms with Crippen molar-refractivity contribution < 1.29 is 0 Å². The average molecular weight is 347 g/mol. The Morgan fingerprint density at radius 2 is 0.591 bits per heavy atom. The van der Waals surface area contributed by atoms with Crippen LogP contribution in [0.4, 0.5) is 0 Å². The number of hydrogen-bond acceptors (Lipinski definition) is 0. The van der Waals surface area contributed by atoms with Crippen LogP contribution in [0.1, 0.15) is 93.9 Å². The third-order valence-corrected chi connectivity index (χ3v) is 11.8. The molecule has 0 aromatic rings. The first-order valence-corrected chi connectivity index (χ1v) is 15.5. The monoisotopic (exact) mass is 346 g/mol. The van der Waals surface area contributed by atoms with Gasteiger partial charge in [0, 0.05) is 17.6 Å². The third kappa shape index (κ3) is 25.4. The summed E-state index contributed by atoms with van der Waals surface area (Å²) < 4.78 is 0. The standard InChI is InChI=1S/C8H18.2C6H16Si/c1-3-5-7-8-6-4-2;2*1-4-7(5-2)6-3/h3-8H2,1-2H3;2*7H,4-6H2,1-3H3. The molecule has 0 aromatic carbocycles. The van der Waals surface area contributed by atoms with Gasteiger partial charge in [-0.05, 0) is 0 Å². The molecular formula is C20H50Si2. The van der Waals surface area contributed by atoms with E-state index in [1.54, 1.807) is 0 Å². The van der Waals surface area contributed by atoms with Crippen molar-refractivity contribution in [2.45, 2.75) is 130 Å². The molecule has 0 aliphatic carbocycles. The summed E-state index contributed by atoms with van der Waals surface area (Å²) in [6.45, 7) is 18.5. The maximum Gasteiger partial charge on any atom is 0.0359 e. The molecule has 0 bridgehead atoms. The lowest BCUT2D eigenvalue weighted by Gasteiger charge is -2.03. The van der Waals surface area contributed by atoms with Crippen LogP contribution in [0, 0.1) is 0 Å². The van der Waals surface area contributed by atoms with Crippen LogP contribution < -0.4 is 0 Å². The van der Waals surface area contributed by atoms with Crippen LogP contribution in [0.25, 0.3) is 0 Å². The lowest BCUT2D eigenvalue weighted by Crippen LogP contribution is -2.04. The fourth-order valence-electron chi connectivity index (χ4n) is 2.59. The zero-order chi connectivity index (χ0) is 17.6. The molecule has 0 radical (unpaired) electrons. The van der Waals surface area contributed by atoms with Crippen LogP contribution in [-0.4, -0.2) is 17.6 Å². The summed E-state index contributed by atoms with van der Waals surface area (Å²) in [4.78, 5) is 0. The zero-order valence-electron chi connectivity index (χ0n) is 17.6. The molecule has 0 aromatic heterocycles. The van der Waals surface area contributed by atoms with E-state index in [1.165, 1.54) is 74.8 Å². The molecule has 0 aliphatic rings. The fourth-order valence-corrected chi connectivity index (χ4v) is 6.05. The molecule has 2 heteroatoms. The second kappa shape index (κ2) is 26.3. The molecule has 0 N–H and O–H groups in total. The van der Waals surface area contributed by atoms with Crippen LogP contribution in [0.15, 0.2) is 0 Å². The predicted molar refractivity (Wildman–Crippen MR) is 116 cm³/mol. The molecule has 0 rings (SSSR count). The van der Waals surface area contributed by atoms with E-state index in [4.69, 9.17) is 0 Å². The van der Waals surface area contributed by atoms with Gasteiger partial charge in [0.2, 0.25) is 0 Å². The Kier molecular flexibility index (Phi) is 32.7. The first-order valence-electron chi connectivity index (χ1n) is 10.6. The molecule has 22 heavy (non-hydrogen) atoms. The predicted octanol–water partition coefficient (Wildman–Crippen LogP) is 7.91. The van der Waals surface area contributed by atoms with Gasteiger partial charge in [0.15, 0.2) is 0 Å². The highest BCUT2D eigenvalue weighted by atomic mass is 28.3. The maximum atomic E-state index is 2.32. The summed E-state index contributed by atoms with van der Waals surface area (Å²) in [5.41, 5.74) is 0. The highest BCUT2D eigenvalue weighted by Gasteiger charge is 1.98. The van der Waals surface area contributed by atoms with Crippen molar-refractivity contribution in [2.24, 2.45) is 0 Å². The van der Waals surface area contributed by atoms with Gasteiger partial charge in [0.1, 0.15) is 0 Å². The summed E-state index contributed by atoms with van der Waals surface area (Å²) in [7, 11) is -0.343. The minimum atomic E-state index is -0.171. The van der Waals surface area contributed by atoms with Crippen molar-refractivity contribution in [3.8, 4) is 0 Å². The van der Waals surface area contributed by atoms with Gasteiger partial charge in [0.05, 0.1) is 0 Å². The molecule has 0 saturated heterocycles. The highest BCUT2D eigenvalue weighted by Crippen LogP contribution is 2.03. The molecular weight excluding hydrogens is 296 g/mol. The number of rotatable bonds is 11. The normalized spacial score (nSPS) is 10.1. The van der Waals surface area contributed by atoms with E-state index >= 15 is 0 Å². The molecule has 0 saturated carbocycles. The fraction of sp³-hybridized carbons (Fsp3) is 1.00. The van der Waals surface area contributed by atoms with Crippen LogP contribution in [-0.2, 0) is 0 Å². The minimum Gasteiger partial charge on any atom is -0.0680 e. The zero-order valence-corrected chi connectivity index (χ0v) is 19.9. The van der Waals surface area contributed by atoms with E-state index in [0.717, 1.165) is 0 Å². The van der Waals surface area contributed by atoms with Crippen molar-refractivity contribution in [3.63, 3.8) is 0 Å². The SMILES string of the molecule is CCCCCCCC.CC[SiH](CC)CC.CC[SiH](CC)CC. The van der Waals surface area contributed by atoms with Crippen molar-refractivity contribution in [2.75, 3.05) is 0 Å². The number of unbranched alkanes of at least 4 members (excludes halogenated alkanes) is 5. The Morgan fingerprint density at radius 3 is 0.682 bits per heavy atom. The summed E-state index contributed by atoms with van der Waals surface area (Å²) in [5, 5.41) is 0. The van der Waals surface area contributed by atoms with Gasteiger partial charge in [-0.1, -0.05) is 130 Å². The third-order valence-electron chi connectivity index (χ3n) is 4.92. The van der Waals surface area contributed by atoms with E-state index in [1.807, 2.05) is 0 Å². The van der Waals surface area contributed by atoms with Gasteiger partial charge in [-0.25, -0.2) is 0 Å². The molecule has 0 unspecified atom stereocenters. The molecule has 138 valence electrons. The van der Waals surface area contributed by atoms with Gasteiger partial charge in [0.25, 0.3) is 0 Å². The van der Waals surface area contributed by atoms with Crippen molar-refractivity contribution in [1.82, 2.24) is 0 Å². The van der Waals surface area contributed by atoms with E-state index in [9.17, 15) is 0 Å². The molecule has 0 nitrogen and oxygen atoms in total. The summed E-state index contributed by atoms with van der Waals surface area (Å²) >= 11 is 0. The highest BCUT2D eigenvalue weighted by molar-refractivity contribution is 6.58. The van der Waals surface area contributed by atoms with Gasteiger partial charge in [-0.2, -0.15) is 0 Å². The topological polar surface area (TPSA) is 0 Å². The quantitative estimate of drug-likeness (QED) is 0.263. The van der Waals surface area contributed by atoms with Crippen LogP contribution >= 0.6 is 0 Å². The first-order chi connectivity index (χ1) is 10.6. The Hall–Kier alpha value is 0.434. The van der Waals surface area contributed by atoms with E-state index in [-0.39, 0.29) is 17.6 Å². The van der Waals surface area contributed by atoms with Crippen LogP contribution in [0.3, 0.4) is 0 Å². The van der Waals surface area contributed by atoms with Crippen molar-refractivity contribution >= 4 is 17.6 Å². The minimum absolute atomic E-state index is 0.171. The van der Waals surface area contributed by atoms with Gasteiger partial charge in [-0.3, -0.25) is 0 Å². The second-order valence-electron chi connectivity index (χ2n) is 6.60. The van der Waals surface area contributed by atoms with Gasteiger partial charge in [-0.15, -0.1) is 0 Å². The second-order valence-corrected chi connectivity index (χ2v) is 15.0. The lowest BCUT2D eigenvalue weighted by molar-refractivity contribution is 0.624. The molecule has 0 aliphatic heterocycles. The summed E-state index contributed by atoms with van der Waals surface area (Å²) in [5.74, 6) is 0. The Bertz CT molecular complexity index is 123. The van der Waals surface area contributed by atoms with Crippen molar-refractivity contribution in [3.05, 3.63) is 0 Å². The van der Waals surface area contributed by atoms with Crippen molar-refractivity contribution in [1.29, 1.82) is 0 Å². The van der Waals surface area contributed by atoms with Gasteiger partial charge >= 0.3 is 0 Å². The molecule has 0 spiro atoms. The Morgan fingerprint density at radius 1 is 0.364 bits per heavy atom. The lowest BCUT2D eigenvalue weighted by atomic mass is 10.1. The van der Waals surface area contributed by atoms with Crippen LogP contribution in [0.2, 0.25) is 36.3 Å². The van der Waals surface area contributed by atoms with E-state index in [0.29, 0.717) is 0 Å². The summed E-state index contributed by atoms with van der Waals surface area (Å²) in [6, 6.07) is 8.96. The molecule has 0 heterocycles. The molecule has 0 amide bonds. The number of hydrogen-bond donors (Lipinski definition) is 0. The average Bonchev–Trinajstić information content (AvgIpc) is 2.56. The van der Waals surface area contributed by atoms with E-state index in [2.05, 4.69) is 55.4 Å². The van der Waals surface area contributed by atoms with Crippen LogP contribution in [0.5, 0.6) is 0 Å². The Balaban J connectivity index is -0.000000247. The smallest absolute Gasteiger partial charge is 0.0359 e. The van der Waals surface area contributed by atoms with Gasteiger partial charge < -0.3 is 0 Å². The molecule has 0 fully saturated rings.